The summed E-state index contributed by atoms with van der Waals surface area (Å²) in [6, 6.07) is 20.6. The highest BCUT2D eigenvalue weighted by Gasteiger charge is 2.11. The Morgan fingerprint density at radius 1 is 0.933 bits per heavy atom. The second kappa shape index (κ2) is 11.1. The summed E-state index contributed by atoms with van der Waals surface area (Å²) in [4.78, 5) is 27.6. The van der Waals surface area contributed by atoms with Crippen molar-refractivity contribution in [3.05, 3.63) is 93.8 Å². The molecule has 0 radical (unpaired) electrons. The molecule has 0 atom stereocenters. The lowest BCUT2D eigenvalue weighted by Crippen LogP contribution is -2.29. The van der Waals surface area contributed by atoms with E-state index in [9.17, 15) is 9.59 Å². The SMILES string of the molecule is CCOCCOCc1cccc(CNC(=O)c2ccc(-c3ccccc3)[nH]c2=O)c1. The van der Waals surface area contributed by atoms with Gasteiger partial charge < -0.3 is 19.8 Å². The molecule has 0 aliphatic rings. The van der Waals surface area contributed by atoms with E-state index in [4.69, 9.17) is 9.47 Å². The fourth-order valence-electron chi connectivity index (χ4n) is 3.00. The quantitative estimate of drug-likeness (QED) is 0.505. The maximum Gasteiger partial charge on any atom is 0.261 e. The highest BCUT2D eigenvalue weighted by molar-refractivity contribution is 5.94. The normalized spacial score (nSPS) is 10.7. The molecule has 6 nitrogen and oxygen atoms in total. The van der Waals surface area contributed by atoms with Gasteiger partial charge in [-0.2, -0.15) is 0 Å². The number of amides is 1. The summed E-state index contributed by atoms with van der Waals surface area (Å²) in [5.41, 5.74) is 3.20. The zero-order valence-corrected chi connectivity index (χ0v) is 17.0. The molecule has 3 rings (SSSR count). The van der Waals surface area contributed by atoms with Crippen molar-refractivity contribution in [2.75, 3.05) is 19.8 Å². The molecule has 0 aliphatic carbocycles. The molecule has 1 amide bonds. The van der Waals surface area contributed by atoms with Gasteiger partial charge in [-0.15, -0.1) is 0 Å². The molecule has 0 spiro atoms. The minimum atomic E-state index is -0.412. The van der Waals surface area contributed by atoms with Crippen LogP contribution in [0, 0.1) is 0 Å². The van der Waals surface area contributed by atoms with E-state index in [1.54, 1.807) is 12.1 Å². The van der Waals surface area contributed by atoms with E-state index in [1.807, 2.05) is 61.5 Å². The van der Waals surface area contributed by atoms with E-state index in [1.165, 1.54) is 0 Å². The Labute approximate surface area is 175 Å². The number of benzene rings is 2. The maximum atomic E-state index is 12.5. The summed E-state index contributed by atoms with van der Waals surface area (Å²) < 4.78 is 10.8. The van der Waals surface area contributed by atoms with E-state index in [0.717, 1.165) is 16.7 Å². The van der Waals surface area contributed by atoms with Gasteiger partial charge >= 0.3 is 0 Å². The highest BCUT2D eigenvalue weighted by atomic mass is 16.5. The summed E-state index contributed by atoms with van der Waals surface area (Å²) in [6.45, 7) is 4.54. The van der Waals surface area contributed by atoms with Crippen molar-refractivity contribution >= 4 is 5.91 Å². The summed E-state index contributed by atoms with van der Waals surface area (Å²) >= 11 is 0. The van der Waals surface area contributed by atoms with E-state index in [2.05, 4.69) is 10.3 Å². The molecule has 1 heterocycles. The zero-order chi connectivity index (χ0) is 21.2. The Bertz CT molecular complexity index is 1010. The van der Waals surface area contributed by atoms with Crippen LogP contribution in [0.4, 0.5) is 0 Å². The van der Waals surface area contributed by atoms with Crippen LogP contribution in [-0.2, 0) is 22.6 Å². The number of aromatic amines is 1. The lowest BCUT2D eigenvalue weighted by Gasteiger charge is -2.09. The third-order valence-corrected chi connectivity index (χ3v) is 4.53. The van der Waals surface area contributed by atoms with Crippen molar-refractivity contribution in [2.24, 2.45) is 0 Å². The molecule has 0 fully saturated rings. The average Bonchev–Trinajstić information content (AvgIpc) is 2.78. The van der Waals surface area contributed by atoms with Gasteiger partial charge in [0.05, 0.1) is 19.8 Å². The molecule has 3 aromatic rings. The van der Waals surface area contributed by atoms with Crippen molar-refractivity contribution in [1.82, 2.24) is 10.3 Å². The first kappa shape index (κ1) is 21.5. The van der Waals surface area contributed by atoms with E-state index in [0.29, 0.717) is 38.7 Å². The first-order valence-electron chi connectivity index (χ1n) is 9.97. The molecule has 30 heavy (non-hydrogen) atoms. The molecule has 6 heteroatoms. The summed E-state index contributed by atoms with van der Waals surface area (Å²) in [7, 11) is 0. The topological polar surface area (TPSA) is 80.4 Å². The molecule has 0 bridgehead atoms. The number of pyridine rings is 1. The Morgan fingerprint density at radius 2 is 1.70 bits per heavy atom. The minimum absolute atomic E-state index is 0.0880. The van der Waals surface area contributed by atoms with Crippen molar-refractivity contribution in [3.8, 4) is 11.3 Å². The van der Waals surface area contributed by atoms with Gasteiger partial charge in [-0.25, -0.2) is 0 Å². The average molecular weight is 406 g/mol. The predicted molar refractivity (Wildman–Crippen MR) is 116 cm³/mol. The van der Waals surface area contributed by atoms with Gasteiger partial charge in [0.1, 0.15) is 5.56 Å². The van der Waals surface area contributed by atoms with Crippen LogP contribution < -0.4 is 10.9 Å². The fourth-order valence-corrected chi connectivity index (χ4v) is 3.00. The third-order valence-electron chi connectivity index (χ3n) is 4.53. The number of hydrogen-bond donors (Lipinski definition) is 2. The monoisotopic (exact) mass is 406 g/mol. The number of H-pyrrole nitrogens is 1. The molecule has 1 aromatic heterocycles. The first-order valence-corrected chi connectivity index (χ1v) is 9.97. The van der Waals surface area contributed by atoms with Gasteiger partial charge in [0, 0.05) is 18.8 Å². The second-order valence-corrected chi connectivity index (χ2v) is 6.73. The largest absolute Gasteiger partial charge is 0.379 e. The van der Waals surface area contributed by atoms with Gasteiger partial charge in [-0.3, -0.25) is 9.59 Å². The molecule has 2 N–H and O–H groups in total. The van der Waals surface area contributed by atoms with E-state index >= 15 is 0 Å². The van der Waals surface area contributed by atoms with E-state index in [-0.39, 0.29) is 5.56 Å². The molecule has 0 saturated carbocycles. The van der Waals surface area contributed by atoms with Gasteiger partial charge in [0.25, 0.3) is 11.5 Å². The standard InChI is InChI=1S/C24H26N2O4/c1-2-29-13-14-30-17-19-8-6-7-18(15-19)16-25-23(27)21-11-12-22(26-24(21)28)20-9-4-3-5-10-20/h3-12,15H,2,13-14,16-17H2,1H3,(H,25,27)(H,26,28). The molecule has 156 valence electrons. The minimum Gasteiger partial charge on any atom is -0.379 e. The molecule has 0 unspecified atom stereocenters. The van der Waals surface area contributed by atoms with Crippen LogP contribution in [0.1, 0.15) is 28.4 Å². The number of rotatable bonds is 10. The number of carbonyl (C=O) groups is 1. The Hall–Kier alpha value is -3.22. The van der Waals surface area contributed by atoms with Crippen LogP contribution >= 0.6 is 0 Å². The fraction of sp³-hybridized carbons (Fsp3) is 0.250. The third kappa shape index (κ3) is 6.14. The highest BCUT2D eigenvalue weighted by Crippen LogP contribution is 2.14. The van der Waals surface area contributed by atoms with Crippen LogP contribution in [0.5, 0.6) is 0 Å². The van der Waals surface area contributed by atoms with Crippen LogP contribution in [0.2, 0.25) is 0 Å². The van der Waals surface area contributed by atoms with Gasteiger partial charge in [0.2, 0.25) is 0 Å². The van der Waals surface area contributed by atoms with Crippen molar-refractivity contribution in [3.63, 3.8) is 0 Å². The molecule has 0 saturated heterocycles. The van der Waals surface area contributed by atoms with Gasteiger partial charge in [-0.05, 0) is 35.7 Å². The Kier molecular flexibility index (Phi) is 7.94. The molecular formula is C24H26N2O4. The Morgan fingerprint density at radius 3 is 2.47 bits per heavy atom. The zero-order valence-electron chi connectivity index (χ0n) is 17.0. The molecule has 2 aromatic carbocycles. The number of carbonyl (C=O) groups excluding carboxylic acids is 1. The molecule has 0 aliphatic heterocycles. The van der Waals surface area contributed by atoms with Crippen LogP contribution in [0.3, 0.4) is 0 Å². The maximum absolute atomic E-state index is 12.5. The summed E-state index contributed by atoms with van der Waals surface area (Å²) in [5.74, 6) is -0.408. The smallest absolute Gasteiger partial charge is 0.261 e. The number of hydrogen-bond acceptors (Lipinski definition) is 4. The van der Waals surface area contributed by atoms with Gasteiger partial charge in [-0.1, -0.05) is 54.6 Å². The van der Waals surface area contributed by atoms with Crippen LogP contribution in [-0.4, -0.2) is 30.7 Å². The number of ether oxygens (including phenoxy) is 2. The lowest BCUT2D eigenvalue weighted by atomic mass is 10.1. The van der Waals surface area contributed by atoms with Crippen molar-refractivity contribution < 1.29 is 14.3 Å². The van der Waals surface area contributed by atoms with Crippen molar-refractivity contribution in [2.45, 2.75) is 20.1 Å². The van der Waals surface area contributed by atoms with Crippen LogP contribution in [0.25, 0.3) is 11.3 Å². The van der Waals surface area contributed by atoms with Crippen molar-refractivity contribution in [1.29, 1.82) is 0 Å². The second-order valence-electron chi connectivity index (χ2n) is 6.73. The van der Waals surface area contributed by atoms with Crippen LogP contribution in [0.15, 0.2) is 71.5 Å². The molecular weight excluding hydrogens is 380 g/mol. The first-order chi connectivity index (χ1) is 14.7. The summed E-state index contributed by atoms with van der Waals surface area (Å²) in [5, 5.41) is 2.81. The number of aromatic nitrogens is 1. The lowest BCUT2D eigenvalue weighted by molar-refractivity contribution is 0.0453. The van der Waals surface area contributed by atoms with Gasteiger partial charge in [0.15, 0.2) is 0 Å². The van der Waals surface area contributed by atoms with E-state index < -0.39 is 11.5 Å². The Balaban J connectivity index is 1.57. The predicted octanol–water partition coefficient (Wildman–Crippen LogP) is 3.53. The number of nitrogens with one attached hydrogen (secondary N) is 2. The summed E-state index contributed by atoms with van der Waals surface area (Å²) in [6.07, 6.45) is 0.